The summed E-state index contributed by atoms with van der Waals surface area (Å²) in [6.45, 7) is 3.68. The molecule has 30 heavy (non-hydrogen) atoms. The van der Waals surface area contributed by atoms with Crippen LogP contribution in [-0.4, -0.2) is 37.4 Å². The summed E-state index contributed by atoms with van der Waals surface area (Å²) in [6, 6.07) is 8.78. The topological polar surface area (TPSA) is 67.8 Å². The molecule has 1 aromatic carbocycles. The minimum atomic E-state index is -4.39. The van der Waals surface area contributed by atoms with E-state index in [9.17, 15) is 13.2 Å². The number of aryl methyl sites for hydroxylation is 1. The van der Waals surface area contributed by atoms with Gasteiger partial charge in [0.1, 0.15) is 5.75 Å². The number of ether oxygens (including phenoxy) is 2. The van der Waals surface area contributed by atoms with Crippen LogP contribution in [0.3, 0.4) is 0 Å². The van der Waals surface area contributed by atoms with Gasteiger partial charge in [-0.1, -0.05) is 12.1 Å². The summed E-state index contributed by atoms with van der Waals surface area (Å²) in [4.78, 5) is 8.55. The number of halogens is 4. The van der Waals surface area contributed by atoms with E-state index in [0.29, 0.717) is 30.5 Å². The van der Waals surface area contributed by atoms with Gasteiger partial charge < -0.3 is 20.1 Å². The van der Waals surface area contributed by atoms with E-state index in [-0.39, 0.29) is 36.3 Å². The number of methoxy groups -OCH3 is 1. The number of benzene rings is 1. The van der Waals surface area contributed by atoms with Crippen LogP contribution < -0.4 is 20.1 Å². The molecule has 0 aliphatic rings. The molecule has 0 aliphatic carbocycles. The van der Waals surface area contributed by atoms with E-state index in [4.69, 9.17) is 9.47 Å². The average molecular weight is 538 g/mol. The normalized spacial score (nSPS) is 11.5. The molecular weight excluding hydrogens is 512 g/mol. The van der Waals surface area contributed by atoms with Gasteiger partial charge in [0.25, 0.3) is 0 Å². The Kier molecular flexibility index (Phi) is 10.7. The summed E-state index contributed by atoms with van der Waals surface area (Å²) in [7, 11) is 1.54. The third kappa shape index (κ3) is 9.06. The highest BCUT2D eigenvalue weighted by Crippen LogP contribution is 2.23. The highest BCUT2D eigenvalue weighted by molar-refractivity contribution is 14.0. The summed E-state index contributed by atoms with van der Waals surface area (Å²) < 4.78 is 47.6. The van der Waals surface area contributed by atoms with Gasteiger partial charge in [-0.15, -0.1) is 24.0 Å². The molecule has 0 radical (unpaired) electrons. The van der Waals surface area contributed by atoms with Crippen molar-refractivity contribution in [3.8, 4) is 11.6 Å². The molecule has 6 nitrogen and oxygen atoms in total. The van der Waals surface area contributed by atoms with Gasteiger partial charge in [0.15, 0.2) is 12.6 Å². The van der Waals surface area contributed by atoms with Crippen molar-refractivity contribution in [2.75, 3.05) is 20.3 Å². The first kappa shape index (κ1) is 25.8. The van der Waals surface area contributed by atoms with Gasteiger partial charge >= 0.3 is 6.18 Å². The number of guanidine groups is 1. The summed E-state index contributed by atoms with van der Waals surface area (Å²) >= 11 is 0. The van der Waals surface area contributed by atoms with Crippen molar-refractivity contribution >= 4 is 29.9 Å². The van der Waals surface area contributed by atoms with E-state index in [2.05, 4.69) is 20.6 Å². The lowest BCUT2D eigenvalue weighted by molar-refractivity contribution is -0.153. The predicted octanol–water partition coefficient (Wildman–Crippen LogP) is 4.21. The zero-order valence-electron chi connectivity index (χ0n) is 17.0. The molecule has 0 fully saturated rings. The summed E-state index contributed by atoms with van der Waals surface area (Å²) in [5.74, 6) is 1.23. The van der Waals surface area contributed by atoms with Crippen molar-refractivity contribution in [3.63, 3.8) is 0 Å². The number of hydrogen-bond donors (Lipinski definition) is 2. The Hall–Kier alpha value is -2.24. The molecule has 0 atom stereocenters. The predicted molar refractivity (Wildman–Crippen MR) is 121 cm³/mol. The van der Waals surface area contributed by atoms with E-state index >= 15 is 0 Å². The van der Waals surface area contributed by atoms with E-state index in [1.54, 1.807) is 38.4 Å². The number of nitrogens with one attached hydrogen (secondary N) is 2. The highest BCUT2D eigenvalue weighted by atomic mass is 127. The van der Waals surface area contributed by atoms with Crippen molar-refractivity contribution in [1.82, 2.24) is 15.6 Å². The van der Waals surface area contributed by atoms with Crippen molar-refractivity contribution in [2.24, 2.45) is 4.99 Å². The van der Waals surface area contributed by atoms with E-state index in [1.807, 2.05) is 19.1 Å². The van der Waals surface area contributed by atoms with E-state index in [1.165, 1.54) is 0 Å². The van der Waals surface area contributed by atoms with Crippen molar-refractivity contribution < 1.29 is 22.6 Å². The van der Waals surface area contributed by atoms with Gasteiger partial charge in [0, 0.05) is 30.9 Å². The average Bonchev–Trinajstić information content (AvgIpc) is 2.69. The summed E-state index contributed by atoms with van der Waals surface area (Å²) in [5, 5.41) is 6.23. The van der Waals surface area contributed by atoms with Gasteiger partial charge in [-0.25, -0.2) is 9.98 Å². The third-order valence-corrected chi connectivity index (χ3v) is 3.83. The first-order valence-electron chi connectivity index (χ1n) is 9.11. The molecule has 0 saturated heterocycles. The van der Waals surface area contributed by atoms with E-state index < -0.39 is 12.8 Å². The fraction of sp³-hybridized carbons (Fsp3) is 0.400. The first-order valence-corrected chi connectivity index (χ1v) is 9.11. The molecule has 0 bridgehead atoms. The summed E-state index contributed by atoms with van der Waals surface area (Å²) in [6.07, 6.45) is -2.75. The van der Waals surface area contributed by atoms with Crippen LogP contribution in [0.15, 0.2) is 41.5 Å². The zero-order chi connectivity index (χ0) is 21.3. The minimum absolute atomic E-state index is 0. The van der Waals surface area contributed by atoms with Gasteiger partial charge in [-0.2, -0.15) is 13.2 Å². The van der Waals surface area contributed by atoms with Crippen molar-refractivity contribution in [3.05, 3.63) is 53.2 Å². The molecular formula is C20H26F3IN4O2. The SMILES string of the molecule is CCNC(=NCc1ccnc(OC)c1)NCc1ccc(C)cc1OCC(F)(F)F.I. The Morgan fingerprint density at radius 2 is 1.93 bits per heavy atom. The van der Waals surface area contributed by atoms with Crippen LogP contribution in [0.2, 0.25) is 0 Å². The number of pyridine rings is 1. The molecule has 0 unspecified atom stereocenters. The largest absolute Gasteiger partial charge is 0.484 e. The quantitative estimate of drug-likeness (QED) is 0.300. The van der Waals surface area contributed by atoms with Gasteiger partial charge in [-0.05, 0) is 37.1 Å². The Morgan fingerprint density at radius 1 is 1.17 bits per heavy atom. The van der Waals surface area contributed by atoms with Crippen LogP contribution >= 0.6 is 24.0 Å². The van der Waals surface area contributed by atoms with Crippen LogP contribution in [0.1, 0.15) is 23.6 Å². The van der Waals surface area contributed by atoms with Gasteiger partial charge in [-0.3, -0.25) is 0 Å². The standard InChI is InChI=1S/C20H25F3N4O2.HI/c1-4-24-19(26-11-15-7-8-25-18(10-15)28-3)27-12-16-6-5-14(2)9-17(16)29-13-20(21,22)23;/h5-10H,4,11-13H2,1-3H3,(H2,24,26,27);1H. The maximum absolute atomic E-state index is 12.5. The number of alkyl halides is 3. The maximum atomic E-state index is 12.5. The second kappa shape index (κ2) is 12.5. The molecule has 1 aromatic heterocycles. The fourth-order valence-corrected chi connectivity index (χ4v) is 2.45. The number of hydrogen-bond acceptors (Lipinski definition) is 4. The molecule has 2 aromatic rings. The Morgan fingerprint density at radius 3 is 2.60 bits per heavy atom. The van der Waals surface area contributed by atoms with Crippen LogP contribution in [0.4, 0.5) is 13.2 Å². The number of nitrogens with zero attached hydrogens (tertiary/aromatic N) is 2. The van der Waals surface area contributed by atoms with E-state index in [0.717, 1.165) is 11.1 Å². The highest BCUT2D eigenvalue weighted by Gasteiger charge is 2.28. The van der Waals surface area contributed by atoms with Crippen LogP contribution in [-0.2, 0) is 13.1 Å². The van der Waals surface area contributed by atoms with Crippen LogP contribution in [0.5, 0.6) is 11.6 Å². The third-order valence-electron chi connectivity index (χ3n) is 3.83. The molecule has 2 rings (SSSR count). The Balaban J connectivity index is 0.00000450. The van der Waals surface area contributed by atoms with Crippen LogP contribution in [0, 0.1) is 6.92 Å². The lowest BCUT2D eigenvalue weighted by Gasteiger charge is -2.16. The summed E-state index contributed by atoms with van der Waals surface area (Å²) in [5.41, 5.74) is 2.34. The monoisotopic (exact) mass is 538 g/mol. The maximum Gasteiger partial charge on any atom is 0.422 e. The molecule has 1 heterocycles. The fourth-order valence-electron chi connectivity index (χ4n) is 2.45. The second-order valence-electron chi connectivity index (χ2n) is 6.27. The molecule has 0 spiro atoms. The smallest absolute Gasteiger partial charge is 0.422 e. The van der Waals surface area contributed by atoms with Crippen molar-refractivity contribution in [1.29, 1.82) is 0 Å². The zero-order valence-corrected chi connectivity index (χ0v) is 19.4. The second-order valence-corrected chi connectivity index (χ2v) is 6.27. The molecule has 0 aliphatic heterocycles. The van der Waals surface area contributed by atoms with Crippen molar-refractivity contribution in [2.45, 2.75) is 33.1 Å². The first-order chi connectivity index (χ1) is 13.8. The molecule has 10 heteroatoms. The van der Waals surface area contributed by atoms with Crippen LogP contribution in [0.25, 0.3) is 0 Å². The Labute approximate surface area is 191 Å². The molecule has 166 valence electrons. The Bertz CT molecular complexity index is 832. The van der Waals surface area contributed by atoms with Gasteiger partial charge in [0.2, 0.25) is 5.88 Å². The molecule has 2 N–H and O–H groups in total. The number of aliphatic imine (C=N–C) groups is 1. The lowest BCUT2D eigenvalue weighted by atomic mass is 10.1. The number of aromatic nitrogens is 1. The minimum Gasteiger partial charge on any atom is -0.484 e. The van der Waals surface area contributed by atoms with Gasteiger partial charge in [0.05, 0.1) is 13.7 Å². The lowest BCUT2D eigenvalue weighted by Crippen LogP contribution is -2.37. The number of rotatable bonds is 8. The molecule has 0 amide bonds. The molecule has 0 saturated carbocycles.